The molecular weight excluding hydrogens is 268 g/mol. The van der Waals surface area contributed by atoms with E-state index >= 15 is 0 Å². The number of phenolic OH excluding ortho intramolecular Hbond substituents is 1. The minimum atomic E-state index is -1.29. The van der Waals surface area contributed by atoms with Gasteiger partial charge in [-0.15, -0.1) is 0 Å². The number of nitrogens with zero attached hydrogens (tertiary/aromatic N) is 1. The number of β-amino-alcohol motifs (C(OH)–C–C–N with tert-alkyl or cyclic N) is 2. The molecule has 1 aromatic carbocycles. The van der Waals surface area contributed by atoms with Crippen molar-refractivity contribution in [3.63, 3.8) is 0 Å². The predicted octanol–water partition coefficient (Wildman–Crippen LogP) is -0.340. The fraction of sp³-hybridized carbons (Fsp3) is 0.333. The summed E-state index contributed by atoms with van der Waals surface area (Å²) in [7, 11) is 0. The molecule has 0 saturated carbocycles. The quantitative estimate of drug-likeness (QED) is 0.472. The third kappa shape index (κ3) is 2.81. The third-order valence-corrected chi connectivity index (χ3v) is 3.02. The predicted molar refractivity (Wildman–Crippen MR) is 67.7 cm³/mol. The number of carboxylic acid groups (broad SMARTS) is 1. The molecule has 1 aliphatic rings. The molecule has 2 unspecified atom stereocenters. The molecule has 0 radical (unpaired) electrons. The van der Waals surface area contributed by atoms with Crippen LogP contribution in [-0.4, -0.2) is 62.6 Å². The number of hydrogen-bond donors (Lipinski definition) is 5. The third-order valence-electron chi connectivity index (χ3n) is 3.02. The summed E-state index contributed by atoms with van der Waals surface area (Å²) in [6.45, 7) is -0.0685. The molecule has 2 amide bonds. The normalized spacial score (nSPS) is 21.8. The molecule has 0 bridgehead atoms. The Kier molecular flexibility index (Phi) is 3.77. The number of phenols is 1. The fourth-order valence-electron chi connectivity index (χ4n) is 1.95. The highest BCUT2D eigenvalue weighted by atomic mass is 16.4. The highest BCUT2D eigenvalue weighted by molar-refractivity contribution is 6.00. The maximum atomic E-state index is 11.9. The van der Waals surface area contributed by atoms with Crippen molar-refractivity contribution in [3.05, 3.63) is 23.8 Å². The molecular formula is C12H14N2O6. The number of nitrogens with one attached hydrogen (secondary N) is 1. The lowest BCUT2D eigenvalue weighted by Crippen LogP contribution is -2.34. The number of rotatable bonds is 2. The molecule has 0 aliphatic carbocycles. The van der Waals surface area contributed by atoms with Gasteiger partial charge < -0.3 is 30.6 Å². The van der Waals surface area contributed by atoms with Crippen molar-refractivity contribution in [1.29, 1.82) is 0 Å². The number of aromatic carboxylic acids is 1. The van der Waals surface area contributed by atoms with E-state index in [4.69, 9.17) is 5.11 Å². The van der Waals surface area contributed by atoms with Gasteiger partial charge in [-0.25, -0.2) is 9.59 Å². The number of carbonyl (C=O) groups excluding carboxylic acids is 1. The van der Waals surface area contributed by atoms with Gasteiger partial charge in [-0.1, -0.05) is 0 Å². The van der Waals surface area contributed by atoms with Crippen molar-refractivity contribution >= 4 is 17.7 Å². The van der Waals surface area contributed by atoms with E-state index in [1.165, 1.54) is 17.0 Å². The minimum absolute atomic E-state index is 0.0242. The number of hydrogen-bond acceptors (Lipinski definition) is 5. The van der Waals surface area contributed by atoms with Crippen LogP contribution in [0.25, 0.3) is 0 Å². The van der Waals surface area contributed by atoms with E-state index in [9.17, 15) is 24.9 Å². The van der Waals surface area contributed by atoms with Gasteiger partial charge in [0.1, 0.15) is 5.75 Å². The molecule has 0 spiro atoms. The maximum Gasteiger partial charge on any atom is 0.337 e. The van der Waals surface area contributed by atoms with Gasteiger partial charge >= 0.3 is 12.0 Å². The van der Waals surface area contributed by atoms with Gasteiger partial charge in [-0.05, 0) is 18.2 Å². The second kappa shape index (κ2) is 5.35. The fourth-order valence-corrected chi connectivity index (χ4v) is 1.95. The number of aliphatic hydroxyl groups excluding tert-OH is 2. The number of anilines is 1. The molecule has 1 heterocycles. The molecule has 108 valence electrons. The average molecular weight is 282 g/mol. The Labute approximate surface area is 113 Å². The Morgan fingerprint density at radius 3 is 2.35 bits per heavy atom. The molecule has 2 rings (SSSR count). The first-order valence-corrected chi connectivity index (χ1v) is 5.87. The molecule has 8 nitrogen and oxygen atoms in total. The van der Waals surface area contributed by atoms with Crippen LogP contribution < -0.4 is 5.32 Å². The Morgan fingerprint density at radius 1 is 1.20 bits per heavy atom. The van der Waals surface area contributed by atoms with Crippen molar-refractivity contribution in [2.24, 2.45) is 0 Å². The van der Waals surface area contributed by atoms with Crippen LogP contribution in [0.5, 0.6) is 5.75 Å². The van der Waals surface area contributed by atoms with Crippen LogP contribution in [0.4, 0.5) is 10.5 Å². The minimum Gasteiger partial charge on any atom is -0.508 e. The second-order valence-corrected chi connectivity index (χ2v) is 4.50. The van der Waals surface area contributed by atoms with Gasteiger partial charge in [0.25, 0.3) is 0 Å². The summed E-state index contributed by atoms with van der Waals surface area (Å²) in [5.74, 6) is -1.52. The average Bonchev–Trinajstić information content (AvgIpc) is 2.71. The SMILES string of the molecule is O=C(O)c1cc(O)ccc1NC(=O)N1CC(O)C(O)C1. The number of urea groups is 1. The Balaban J connectivity index is 2.14. The summed E-state index contributed by atoms with van der Waals surface area (Å²) in [5.41, 5.74) is -0.227. The highest BCUT2D eigenvalue weighted by Crippen LogP contribution is 2.22. The Bertz CT molecular complexity index is 537. The molecule has 1 saturated heterocycles. The molecule has 8 heteroatoms. The molecule has 1 aliphatic heterocycles. The van der Waals surface area contributed by atoms with Crippen LogP contribution in [0, 0.1) is 0 Å². The molecule has 1 fully saturated rings. The molecule has 2 atom stereocenters. The van der Waals surface area contributed by atoms with Gasteiger partial charge in [-0.2, -0.15) is 0 Å². The van der Waals surface area contributed by atoms with Crippen molar-refractivity contribution in [3.8, 4) is 5.75 Å². The van der Waals surface area contributed by atoms with E-state index in [1.54, 1.807) is 0 Å². The number of carboxylic acids is 1. The van der Waals surface area contributed by atoms with E-state index in [2.05, 4.69) is 5.32 Å². The van der Waals surface area contributed by atoms with Crippen LogP contribution >= 0.6 is 0 Å². The molecule has 20 heavy (non-hydrogen) atoms. The van der Waals surface area contributed by atoms with Crippen molar-refractivity contribution in [2.75, 3.05) is 18.4 Å². The summed E-state index contributed by atoms with van der Waals surface area (Å²) in [5, 5.41) is 39.3. The second-order valence-electron chi connectivity index (χ2n) is 4.50. The zero-order valence-corrected chi connectivity index (χ0v) is 10.4. The Morgan fingerprint density at radius 2 is 1.80 bits per heavy atom. The highest BCUT2D eigenvalue weighted by Gasteiger charge is 2.32. The van der Waals surface area contributed by atoms with E-state index in [0.717, 1.165) is 6.07 Å². The van der Waals surface area contributed by atoms with E-state index in [1.807, 2.05) is 0 Å². The summed E-state index contributed by atoms with van der Waals surface area (Å²) in [6.07, 6.45) is -2.03. The molecule has 5 N–H and O–H groups in total. The summed E-state index contributed by atoms with van der Waals surface area (Å²) >= 11 is 0. The first-order valence-electron chi connectivity index (χ1n) is 5.87. The molecule has 1 aromatic rings. The number of amides is 2. The van der Waals surface area contributed by atoms with Crippen LogP contribution in [0.1, 0.15) is 10.4 Å². The number of aromatic hydroxyl groups is 1. The zero-order valence-electron chi connectivity index (χ0n) is 10.4. The first-order chi connectivity index (χ1) is 9.38. The number of aliphatic hydroxyl groups is 2. The molecule has 0 aromatic heterocycles. The lowest BCUT2D eigenvalue weighted by atomic mass is 10.1. The largest absolute Gasteiger partial charge is 0.508 e. The van der Waals surface area contributed by atoms with Gasteiger partial charge in [0, 0.05) is 0 Å². The number of benzene rings is 1. The summed E-state index contributed by atoms with van der Waals surface area (Å²) < 4.78 is 0. The lowest BCUT2D eigenvalue weighted by molar-refractivity contribution is 0.0572. The maximum absolute atomic E-state index is 11.9. The van der Waals surface area contributed by atoms with Crippen molar-refractivity contribution < 1.29 is 30.0 Å². The van der Waals surface area contributed by atoms with Crippen LogP contribution in [-0.2, 0) is 0 Å². The number of likely N-dealkylation sites (tertiary alicyclic amines) is 1. The van der Waals surface area contributed by atoms with Crippen molar-refractivity contribution in [2.45, 2.75) is 12.2 Å². The van der Waals surface area contributed by atoms with Crippen molar-refractivity contribution in [1.82, 2.24) is 4.90 Å². The lowest BCUT2D eigenvalue weighted by Gasteiger charge is -2.17. The van der Waals surface area contributed by atoms with E-state index in [-0.39, 0.29) is 30.1 Å². The number of carbonyl (C=O) groups is 2. The van der Waals surface area contributed by atoms with Crippen LogP contribution in [0.2, 0.25) is 0 Å². The van der Waals surface area contributed by atoms with Crippen LogP contribution in [0.15, 0.2) is 18.2 Å². The topological polar surface area (TPSA) is 130 Å². The van der Waals surface area contributed by atoms with Gasteiger partial charge in [0.15, 0.2) is 0 Å². The zero-order chi connectivity index (χ0) is 14.9. The Hall–Kier alpha value is -2.32. The first kappa shape index (κ1) is 14.1. The summed E-state index contributed by atoms with van der Waals surface area (Å²) in [4.78, 5) is 24.1. The monoisotopic (exact) mass is 282 g/mol. The van der Waals surface area contributed by atoms with E-state index in [0.29, 0.717) is 0 Å². The van der Waals surface area contributed by atoms with E-state index < -0.39 is 24.2 Å². The van der Waals surface area contributed by atoms with Gasteiger partial charge in [0.05, 0.1) is 36.5 Å². The van der Waals surface area contributed by atoms with Gasteiger partial charge in [0.2, 0.25) is 0 Å². The standard InChI is InChI=1S/C12H14N2O6/c15-6-1-2-8(7(3-6)11(18)19)13-12(20)14-4-9(16)10(17)5-14/h1-3,9-10,15-17H,4-5H2,(H,13,20)(H,18,19). The smallest absolute Gasteiger partial charge is 0.337 e. The van der Waals surface area contributed by atoms with Crippen LogP contribution in [0.3, 0.4) is 0 Å². The summed E-state index contributed by atoms with van der Waals surface area (Å²) in [6, 6.07) is 2.90. The van der Waals surface area contributed by atoms with Gasteiger partial charge in [-0.3, -0.25) is 0 Å².